The van der Waals surface area contributed by atoms with Crippen molar-refractivity contribution in [3.63, 3.8) is 0 Å². The van der Waals surface area contributed by atoms with E-state index < -0.39 is 11.2 Å². The number of carbonyl (C=O) groups excluding carboxylic acids is 1. The Kier molecular flexibility index (Phi) is 8.85. The molecule has 0 radical (unpaired) electrons. The highest BCUT2D eigenvalue weighted by molar-refractivity contribution is 5.81. The van der Waals surface area contributed by atoms with E-state index in [2.05, 4.69) is 10.4 Å². The van der Waals surface area contributed by atoms with Gasteiger partial charge in [-0.05, 0) is 57.4 Å². The summed E-state index contributed by atoms with van der Waals surface area (Å²) in [5.74, 6) is 1.02. The predicted octanol–water partition coefficient (Wildman–Crippen LogP) is 2.89. The highest BCUT2D eigenvalue weighted by atomic mass is 16.5. The molecular formula is C29H35N5O5. The SMILES string of the molecule is CCOc1ccc(CCNC(=O)Cn2c(=O)n(Cc3ccccc3)c(=O)c3c2c(C)nn3CC)cc1OCC. The molecule has 0 fully saturated rings. The van der Waals surface area contributed by atoms with Crippen LogP contribution in [-0.4, -0.2) is 44.6 Å². The summed E-state index contributed by atoms with van der Waals surface area (Å²) >= 11 is 0. The van der Waals surface area contributed by atoms with Crippen molar-refractivity contribution in [3.8, 4) is 11.5 Å². The van der Waals surface area contributed by atoms with Crippen molar-refractivity contribution >= 4 is 16.9 Å². The Morgan fingerprint density at radius 1 is 0.897 bits per heavy atom. The first-order valence-corrected chi connectivity index (χ1v) is 13.3. The second kappa shape index (κ2) is 12.5. The molecule has 0 unspecified atom stereocenters. The summed E-state index contributed by atoms with van der Waals surface area (Å²) in [6.07, 6.45) is 0.572. The number of aryl methyl sites for hydroxylation is 2. The first-order valence-electron chi connectivity index (χ1n) is 13.3. The van der Waals surface area contributed by atoms with Gasteiger partial charge in [-0.1, -0.05) is 36.4 Å². The van der Waals surface area contributed by atoms with Crippen molar-refractivity contribution < 1.29 is 14.3 Å². The number of nitrogens with zero attached hydrogens (tertiary/aromatic N) is 4. The van der Waals surface area contributed by atoms with Crippen LogP contribution in [0, 0.1) is 6.92 Å². The Labute approximate surface area is 226 Å². The summed E-state index contributed by atoms with van der Waals surface area (Å²) in [6.45, 7) is 9.21. The number of carbonyl (C=O) groups is 1. The monoisotopic (exact) mass is 533 g/mol. The molecule has 4 aromatic rings. The van der Waals surface area contributed by atoms with E-state index in [1.165, 1.54) is 9.13 Å². The Hall–Kier alpha value is -4.34. The minimum Gasteiger partial charge on any atom is -0.490 e. The normalized spacial score (nSPS) is 11.1. The van der Waals surface area contributed by atoms with Crippen LogP contribution >= 0.6 is 0 Å². The molecular weight excluding hydrogens is 498 g/mol. The van der Waals surface area contributed by atoms with Gasteiger partial charge in [0.05, 0.1) is 25.5 Å². The van der Waals surface area contributed by atoms with Crippen LogP contribution in [0.5, 0.6) is 11.5 Å². The van der Waals surface area contributed by atoms with Crippen LogP contribution in [0.3, 0.4) is 0 Å². The smallest absolute Gasteiger partial charge is 0.332 e. The molecule has 1 amide bonds. The number of hydrogen-bond donors (Lipinski definition) is 1. The largest absolute Gasteiger partial charge is 0.490 e. The van der Waals surface area contributed by atoms with E-state index in [0.29, 0.717) is 61.0 Å². The van der Waals surface area contributed by atoms with Crippen LogP contribution in [0.1, 0.15) is 37.6 Å². The van der Waals surface area contributed by atoms with Crippen molar-refractivity contribution in [1.29, 1.82) is 0 Å². The fraction of sp³-hybridized carbons (Fsp3) is 0.379. The summed E-state index contributed by atoms with van der Waals surface area (Å²) in [5, 5.41) is 7.36. The maximum atomic E-state index is 13.6. The molecule has 2 aromatic heterocycles. The van der Waals surface area contributed by atoms with Crippen LogP contribution in [-0.2, 0) is 30.8 Å². The van der Waals surface area contributed by atoms with Gasteiger partial charge in [-0.15, -0.1) is 0 Å². The molecule has 2 aromatic carbocycles. The Morgan fingerprint density at radius 2 is 1.62 bits per heavy atom. The van der Waals surface area contributed by atoms with Gasteiger partial charge in [-0.25, -0.2) is 4.79 Å². The zero-order valence-corrected chi connectivity index (χ0v) is 22.9. The fourth-order valence-corrected chi connectivity index (χ4v) is 4.64. The van der Waals surface area contributed by atoms with E-state index in [0.717, 1.165) is 11.1 Å². The lowest BCUT2D eigenvalue weighted by Crippen LogP contribution is -2.43. The van der Waals surface area contributed by atoms with Gasteiger partial charge < -0.3 is 14.8 Å². The number of hydrogen-bond acceptors (Lipinski definition) is 6. The van der Waals surface area contributed by atoms with Gasteiger partial charge in [0.25, 0.3) is 5.56 Å². The Balaban J connectivity index is 1.57. The molecule has 0 aliphatic heterocycles. The zero-order chi connectivity index (χ0) is 27.9. The molecule has 1 N–H and O–H groups in total. The third kappa shape index (κ3) is 6.05. The molecule has 0 aliphatic carbocycles. The summed E-state index contributed by atoms with van der Waals surface area (Å²) in [5.41, 5.74) is 2.07. The zero-order valence-electron chi connectivity index (χ0n) is 22.9. The summed E-state index contributed by atoms with van der Waals surface area (Å²) in [6, 6.07) is 15.0. The number of ether oxygens (including phenoxy) is 2. The van der Waals surface area contributed by atoms with Crippen molar-refractivity contribution in [3.05, 3.63) is 86.2 Å². The van der Waals surface area contributed by atoms with Crippen molar-refractivity contribution in [1.82, 2.24) is 24.2 Å². The van der Waals surface area contributed by atoms with Crippen molar-refractivity contribution in [2.24, 2.45) is 0 Å². The van der Waals surface area contributed by atoms with E-state index in [1.807, 2.05) is 69.3 Å². The summed E-state index contributed by atoms with van der Waals surface area (Å²) < 4.78 is 15.4. The molecule has 0 bridgehead atoms. The van der Waals surface area contributed by atoms with Crippen LogP contribution in [0.25, 0.3) is 11.0 Å². The fourth-order valence-electron chi connectivity index (χ4n) is 4.64. The highest BCUT2D eigenvalue weighted by Gasteiger charge is 2.21. The van der Waals surface area contributed by atoms with Gasteiger partial charge in [-0.2, -0.15) is 5.10 Å². The molecule has 0 saturated heterocycles. The van der Waals surface area contributed by atoms with Gasteiger partial charge in [0.2, 0.25) is 5.91 Å². The average Bonchev–Trinajstić information content (AvgIpc) is 3.27. The second-order valence-electron chi connectivity index (χ2n) is 9.09. The third-order valence-corrected chi connectivity index (χ3v) is 6.40. The van der Waals surface area contributed by atoms with E-state index in [-0.39, 0.29) is 19.0 Å². The van der Waals surface area contributed by atoms with E-state index in [4.69, 9.17) is 9.47 Å². The van der Waals surface area contributed by atoms with E-state index >= 15 is 0 Å². The molecule has 10 nitrogen and oxygen atoms in total. The standard InChI is InChI=1S/C29H35N5O5/c1-5-34-27-26(20(4)31-34)32(29(37)33(28(27)36)18-22-11-9-8-10-12-22)19-25(35)30-16-15-21-13-14-23(38-6-2)24(17-21)39-7-3/h8-14,17H,5-7,15-16,18-19H2,1-4H3,(H,30,35). The molecule has 2 heterocycles. The van der Waals surface area contributed by atoms with Crippen LogP contribution in [0.15, 0.2) is 58.1 Å². The first kappa shape index (κ1) is 27.7. The third-order valence-electron chi connectivity index (χ3n) is 6.40. The molecule has 4 rings (SSSR count). The van der Waals surface area contributed by atoms with Crippen molar-refractivity contribution in [2.45, 2.75) is 53.8 Å². The van der Waals surface area contributed by atoms with Crippen LogP contribution in [0.4, 0.5) is 0 Å². The lowest BCUT2D eigenvalue weighted by atomic mass is 10.1. The minimum absolute atomic E-state index is 0.101. The van der Waals surface area contributed by atoms with Crippen LogP contribution < -0.4 is 26.0 Å². The molecule has 206 valence electrons. The number of fused-ring (bicyclic) bond motifs is 1. The molecule has 10 heteroatoms. The quantitative estimate of drug-likeness (QED) is 0.300. The first-order chi connectivity index (χ1) is 18.9. The topological polar surface area (TPSA) is 109 Å². The average molecular weight is 534 g/mol. The summed E-state index contributed by atoms with van der Waals surface area (Å²) in [7, 11) is 0. The van der Waals surface area contributed by atoms with Gasteiger partial charge in [0, 0.05) is 13.1 Å². The van der Waals surface area contributed by atoms with Crippen LogP contribution in [0.2, 0.25) is 0 Å². The molecule has 0 saturated carbocycles. The second-order valence-corrected chi connectivity index (χ2v) is 9.09. The molecule has 0 spiro atoms. The number of nitrogens with one attached hydrogen (secondary N) is 1. The van der Waals surface area contributed by atoms with E-state index in [1.54, 1.807) is 11.6 Å². The maximum Gasteiger partial charge on any atom is 0.332 e. The Bertz CT molecular complexity index is 1570. The van der Waals surface area contributed by atoms with Gasteiger partial charge in [-0.3, -0.25) is 23.4 Å². The minimum atomic E-state index is -0.543. The lowest BCUT2D eigenvalue weighted by molar-refractivity contribution is -0.121. The maximum absolute atomic E-state index is 13.6. The number of benzene rings is 2. The lowest BCUT2D eigenvalue weighted by Gasteiger charge is -2.14. The molecule has 0 atom stereocenters. The van der Waals surface area contributed by atoms with E-state index in [9.17, 15) is 14.4 Å². The number of aromatic nitrogens is 4. The predicted molar refractivity (Wildman–Crippen MR) is 150 cm³/mol. The highest BCUT2D eigenvalue weighted by Crippen LogP contribution is 2.28. The molecule has 0 aliphatic rings. The number of rotatable bonds is 12. The Morgan fingerprint density at radius 3 is 2.31 bits per heavy atom. The number of amides is 1. The van der Waals surface area contributed by atoms with Gasteiger partial charge in [0.15, 0.2) is 17.0 Å². The van der Waals surface area contributed by atoms with Crippen molar-refractivity contribution in [2.75, 3.05) is 19.8 Å². The van der Waals surface area contributed by atoms with Gasteiger partial charge >= 0.3 is 5.69 Å². The molecule has 39 heavy (non-hydrogen) atoms. The summed E-state index contributed by atoms with van der Waals surface area (Å²) in [4.78, 5) is 40.0. The van der Waals surface area contributed by atoms with Gasteiger partial charge in [0.1, 0.15) is 12.1 Å².